The summed E-state index contributed by atoms with van der Waals surface area (Å²) in [5.74, 6) is -0.748. The molecule has 0 aliphatic rings. The van der Waals surface area contributed by atoms with Crippen molar-refractivity contribution in [2.75, 3.05) is 5.43 Å². The van der Waals surface area contributed by atoms with Crippen molar-refractivity contribution in [3.8, 4) is 5.75 Å². The molecule has 2 rings (SSSR count). The number of amides is 1. The predicted molar refractivity (Wildman–Crippen MR) is 73.5 cm³/mol. The van der Waals surface area contributed by atoms with Gasteiger partial charge in [-0.15, -0.1) is 0 Å². The maximum absolute atomic E-state index is 11.1. The molecule has 0 spiro atoms. The Hall–Kier alpha value is -2.53. The Kier molecular flexibility index (Phi) is 4.00. The van der Waals surface area contributed by atoms with Crippen molar-refractivity contribution in [3.05, 3.63) is 59.7 Å². The van der Waals surface area contributed by atoms with E-state index in [0.717, 1.165) is 11.3 Å². The number of hydrazine groups is 1. The molecule has 5 heteroatoms. The molecule has 0 atom stereocenters. The molecule has 0 bridgehead atoms. The van der Waals surface area contributed by atoms with Gasteiger partial charge in [-0.3, -0.25) is 4.79 Å². The van der Waals surface area contributed by atoms with E-state index in [1.807, 2.05) is 30.3 Å². The minimum absolute atomic E-state index is 0.104. The number of anilines is 1. The summed E-state index contributed by atoms with van der Waals surface area (Å²) in [4.78, 5) is 11.1. The normalized spacial score (nSPS) is 10.1. The van der Waals surface area contributed by atoms with Gasteiger partial charge in [0, 0.05) is 12.2 Å². The molecule has 19 heavy (non-hydrogen) atoms. The first-order chi connectivity index (χ1) is 9.16. The van der Waals surface area contributed by atoms with Crippen LogP contribution in [0.2, 0.25) is 0 Å². The quantitative estimate of drug-likeness (QED) is 0.613. The van der Waals surface area contributed by atoms with E-state index in [0.29, 0.717) is 6.54 Å². The second-order valence-corrected chi connectivity index (χ2v) is 4.06. The number of nitrogens with one attached hydrogen (secondary N) is 2. The average molecular weight is 257 g/mol. The van der Waals surface area contributed by atoms with Crippen molar-refractivity contribution in [2.45, 2.75) is 6.54 Å². The number of carbonyl (C=O) groups excluding carboxylic acids is 1. The number of benzene rings is 2. The number of rotatable bonds is 5. The van der Waals surface area contributed by atoms with Gasteiger partial charge in [-0.25, -0.2) is 5.43 Å². The van der Waals surface area contributed by atoms with Crippen LogP contribution in [0.5, 0.6) is 5.75 Å². The van der Waals surface area contributed by atoms with Crippen molar-refractivity contribution in [2.24, 2.45) is 5.73 Å². The van der Waals surface area contributed by atoms with E-state index >= 15 is 0 Å². The highest BCUT2D eigenvalue weighted by Crippen LogP contribution is 2.17. The number of carbonyl (C=O) groups is 1. The van der Waals surface area contributed by atoms with E-state index < -0.39 is 5.91 Å². The summed E-state index contributed by atoms with van der Waals surface area (Å²) in [6.45, 7) is 0.495. The molecule has 0 saturated heterocycles. The molecule has 2 aromatic carbocycles. The van der Waals surface area contributed by atoms with Crippen LogP contribution in [0.15, 0.2) is 48.5 Å². The van der Waals surface area contributed by atoms with Crippen LogP contribution in [0.1, 0.15) is 15.9 Å². The fourth-order valence-corrected chi connectivity index (χ4v) is 1.66. The highest BCUT2D eigenvalue weighted by atomic mass is 16.3. The summed E-state index contributed by atoms with van der Waals surface area (Å²) < 4.78 is 0. The Morgan fingerprint density at radius 3 is 2.58 bits per heavy atom. The molecule has 0 aliphatic heterocycles. The van der Waals surface area contributed by atoms with Crippen LogP contribution in [-0.4, -0.2) is 11.0 Å². The summed E-state index contributed by atoms with van der Waals surface area (Å²) in [5, 5.41) is 9.47. The van der Waals surface area contributed by atoms with Gasteiger partial charge in [0.15, 0.2) is 0 Å². The zero-order valence-corrected chi connectivity index (χ0v) is 10.3. The average Bonchev–Trinajstić information content (AvgIpc) is 2.41. The lowest BCUT2D eigenvalue weighted by Crippen LogP contribution is -2.21. The molecular formula is C14H15N3O2. The summed E-state index contributed by atoms with van der Waals surface area (Å²) in [7, 11) is 0. The Morgan fingerprint density at radius 2 is 1.89 bits per heavy atom. The lowest BCUT2D eigenvalue weighted by molar-refractivity contribution is 0.0997. The number of hydrogen-bond acceptors (Lipinski definition) is 4. The van der Waals surface area contributed by atoms with Gasteiger partial charge in [0.25, 0.3) is 5.91 Å². The zero-order valence-electron chi connectivity index (χ0n) is 10.3. The molecule has 2 aromatic rings. The first kappa shape index (κ1) is 12.9. The van der Waals surface area contributed by atoms with Crippen molar-refractivity contribution in [3.63, 3.8) is 0 Å². The summed E-state index contributed by atoms with van der Waals surface area (Å²) in [6.07, 6.45) is 0. The van der Waals surface area contributed by atoms with Gasteiger partial charge in [0.1, 0.15) is 5.75 Å². The van der Waals surface area contributed by atoms with E-state index in [1.54, 1.807) is 12.1 Å². The van der Waals surface area contributed by atoms with E-state index in [9.17, 15) is 9.90 Å². The molecule has 1 amide bonds. The van der Waals surface area contributed by atoms with Gasteiger partial charge < -0.3 is 16.3 Å². The summed E-state index contributed by atoms with van der Waals surface area (Å²) in [6, 6.07) is 14.4. The molecule has 0 saturated carbocycles. The minimum atomic E-state index is -0.643. The summed E-state index contributed by atoms with van der Waals surface area (Å²) in [5.41, 5.74) is 13.1. The number of phenols is 1. The maximum Gasteiger partial charge on any atom is 0.252 e. The topological polar surface area (TPSA) is 87.4 Å². The molecule has 0 unspecified atom stereocenters. The molecular weight excluding hydrogens is 242 g/mol. The molecule has 98 valence electrons. The van der Waals surface area contributed by atoms with E-state index in [2.05, 4.69) is 10.9 Å². The number of primary amides is 1. The first-order valence-electron chi connectivity index (χ1n) is 5.82. The molecule has 0 heterocycles. The third-order valence-corrected chi connectivity index (χ3v) is 2.63. The number of para-hydroxylation sites is 1. The highest BCUT2D eigenvalue weighted by Gasteiger charge is 2.07. The van der Waals surface area contributed by atoms with Gasteiger partial charge in [0.05, 0.1) is 5.56 Å². The van der Waals surface area contributed by atoms with Gasteiger partial charge in [-0.2, -0.15) is 0 Å². The molecule has 0 aliphatic carbocycles. The van der Waals surface area contributed by atoms with Crippen LogP contribution in [0.4, 0.5) is 5.69 Å². The smallest absolute Gasteiger partial charge is 0.252 e. The first-order valence-corrected chi connectivity index (χ1v) is 5.82. The van der Waals surface area contributed by atoms with Crippen LogP contribution < -0.4 is 16.6 Å². The fourth-order valence-electron chi connectivity index (χ4n) is 1.66. The van der Waals surface area contributed by atoms with Crippen molar-refractivity contribution < 1.29 is 9.90 Å². The monoisotopic (exact) mass is 257 g/mol. The van der Waals surface area contributed by atoms with Gasteiger partial charge in [0.2, 0.25) is 0 Å². The lowest BCUT2D eigenvalue weighted by Gasteiger charge is -2.09. The van der Waals surface area contributed by atoms with Crippen LogP contribution in [-0.2, 0) is 6.54 Å². The van der Waals surface area contributed by atoms with E-state index in [-0.39, 0.29) is 11.3 Å². The largest absolute Gasteiger partial charge is 0.507 e. The van der Waals surface area contributed by atoms with Gasteiger partial charge >= 0.3 is 0 Å². The maximum atomic E-state index is 11.1. The second kappa shape index (κ2) is 5.88. The fraction of sp³-hybridized carbons (Fsp3) is 0.0714. The zero-order chi connectivity index (χ0) is 13.7. The Balaban J connectivity index is 1.97. The SMILES string of the molecule is NC(=O)c1cc(CNNc2ccccc2)ccc1O. The van der Waals surface area contributed by atoms with Gasteiger partial charge in [-0.1, -0.05) is 24.3 Å². The van der Waals surface area contributed by atoms with Gasteiger partial charge in [-0.05, 0) is 29.8 Å². The third kappa shape index (κ3) is 3.46. The summed E-state index contributed by atoms with van der Waals surface area (Å²) >= 11 is 0. The highest BCUT2D eigenvalue weighted by molar-refractivity contribution is 5.95. The third-order valence-electron chi connectivity index (χ3n) is 2.63. The number of nitrogens with two attached hydrogens (primary N) is 1. The van der Waals surface area contributed by atoms with Crippen LogP contribution in [0.25, 0.3) is 0 Å². The standard InChI is InChI=1S/C14H15N3O2/c15-14(19)12-8-10(6-7-13(12)18)9-16-17-11-4-2-1-3-5-11/h1-8,16-18H,9H2,(H2,15,19). The molecule has 0 aromatic heterocycles. The van der Waals surface area contributed by atoms with Crippen LogP contribution >= 0.6 is 0 Å². The van der Waals surface area contributed by atoms with Crippen LogP contribution in [0, 0.1) is 0 Å². The van der Waals surface area contributed by atoms with Crippen molar-refractivity contribution in [1.29, 1.82) is 0 Å². The van der Waals surface area contributed by atoms with Crippen molar-refractivity contribution >= 4 is 11.6 Å². The van der Waals surface area contributed by atoms with Crippen molar-refractivity contribution in [1.82, 2.24) is 5.43 Å². The predicted octanol–water partition coefficient (Wildman–Crippen LogP) is 1.61. The molecule has 0 fully saturated rings. The number of hydrogen-bond donors (Lipinski definition) is 4. The second-order valence-electron chi connectivity index (χ2n) is 4.06. The van der Waals surface area contributed by atoms with Crippen LogP contribution in [0.3, 0.4) is 0 Å². The molecule has 5 nitrogen and oxygen atoms in total. The molecule has 5 N–H and O–H groups in total. The lowest BCUT2D eigenvalue weighted by atomic mass is 10.1. The Labute approximate surface area is 111 Å². The molecule has 0 radical (unpaired) electrons. The Bertz CT molecular complexity index is 570. The number of aromatic hydroxyl groups is 1. The van der Waals surface area contributed by atoms with E-state index in [1.165, 1.54) is 6.07 Å². The Morgan fingerprint density at radius 1 is 1.16 bits per heavy atom. The minimum Gasteiger partial charge on any atom is -0.507 e. The van der Waals surface area contributed by atoms with E-state index in [4.69, 9.17) is 5.73 Å².